The van der Waals surface area contributed by atoms with Gasteiger partial charge in [0.15, 0.2) is 0 Å². The molecule has 0 aliphatic carbocycles. The molecule has 2 heteroatoms. The van der Waals surface area contributed by atoms with Gasteiger partial charge in [0.1, 0.15) is 0 Å². The Morgan fingerprint density at radius 1 is 0.356 bits per heavy atom. The SMILES string of the molecule is CC(C)(c1c(-c2ccccc2)c2ccccc2n1-c1ccccc1)c1c(-c2ccccc2)c2ccccc2n1-c1ccccc1. The third-order valence-corrected chi connectivity index (χ3v) is 9.09. The number of nitrogens with zero attached hydrogens (tertiary/aromatic N) is 2. The summed E-state index contributed by atoms with van der Waals surface area (Å²) >= 11 is 0. The molecule has 0 amide bonds. The average molecular weight is 579 g/mol. The van der Waals surface area contributed by atoms with E-state index in [9.17, 15) is 0 Å². The Hall–Kier alpha value is -5.60. The zero-order chi connectivity index (χ0) is 30.4. The first-order chi connectivity index (χ1) is 22.1. The van der Waals surface area contributed by atoms with Crippen LogP contribution in [0.2, 0.25) is 0 Å². The Labute approximate surface area is 264 Å². The lowest BCUT2D eigenvalue weighted by molar-refractivity contribution is 0.579. The van der Waals surface area contributed by atoms with E-state index in [0.717, 1.165) is 11.4 Å². The highest BCUT2D eigenvalue weighted by Gasteiger charge is 2.39. The van der Waals surface area contributed by atoms with Crippen LogP contribution in [0.3, 0.4) is 0 Å². The molecule has 45 heavy (non-hydrogen) atoms. The maximum absolute atomic E-state index is 2.50. The zero-order valence-corrected chi connectivity index (χ0v) is 25.6. The van der Waals surface area contributed by atoms with Crippen molar-refractivity contribution in [3.63, 3.8) is 0 Å². The van der Waals surface area contributed by atoms with Crippen molar-refractivity contribution in [2.24, 2.45) is 0 Å². The van der Waals surface area contributed by atoms with E-state index in [1.165, 1.54) is 55.4 Å². The van der Waals surface area contributed by atoms with E-state index in [0.29, 0.717) is 0 Å². The standard InChI is InChI=1S/C43H34N2/c1-43(2,41-39(31-19-7-3-8-20-31)35-27-15-17-29-37(35)44(41)33-23-11-5-12-24-33)42-40(32-21-9-4-10-22-32)36-28-16-18-30-38(36)45(42)34-25-13-6-14-26-34/h3-30H,1-2H3. The van der Waals surface area contributed by atoms with Crippen LogP contribution in [0.5, 0.6) is 0 Å². The Balaban J connectivity index is 1.58. The fourth-order valence-corrected chi connectivity index (χ4v) is 7.26. The summed E-state index contributed by atoms with van der Waals surface area (Å²) in [6, 6.07) is 61.2. The molecule has 0 spiro atoms. The molecule has 0 saturated carbocycles. The smallest absolute Gasteiger partial charge is 0.0538 e. The van der Waals surface area contributed by atoms with Gasteiger partial charge in [-0.2, -0.15) is 0 Å². The maximum atomic E-state index is 2.50. The van der Waals surface area contributed by atoms with Crippen LogP contribution in [0, 0.1) is 0 Å². The lowest BCUT2D eigenvalue weighted by Crippen LogP contribution is -2.27. The van der Waals surface area contributed by atoms with Gasteiger partial charge in [-0.1, -0.05) is 133 Å². The Morgan fingerprint density at radius 2 is 0.667 bits per heavy atom. The molecule has 216 valence electrons. The summed E-state index contributed by atoms with van der Waals surface area (Å²) in [4.78, 5) is 0. The molecule has 8 aromatic rings. The third-order valence-electron chi connectivity index (χ3n) is 9.09. The van der Waals surface area contributed by atoms with Crippen LogP contribution < -0.4 is 0 Å². The molecule has 0 fully saturated rings. The van der Waals surface area contributed by atoms with Gasteiger partial charge in [-0.15, -0.1) is 0 Å². The maximum Gasteiger partial charge on any atom is 0.0538 e. The molecule has 0 saturated heterocycles. The van der Waals surface area contributed by atoms with Crippen LogP contribution in [0.25, 0.3) is 55.4 Å². The highest BCUT2D eigenvalue weighted by Crippen LogP contribution is 2.50. The fourth-order valence-electron chi connectivity index (χ4n) is 7.26. The molecule has 2 aromatic heterocycles. The molecule has 8 rings (SSSR count). The number of hydrogen-bond acceptors (Lipinski definition) is 0. The molecule has 0 N–H and O–H groups in total. The highest BCUT2D eigenvalue weighted by molar-refractivity contribution is 6.03. The summed E-state index contributed by atoms with van der Waals surface area (Å²) in [6.07, 6.45) is 0. The minimum Gasteiger partial charge on any atom is -0.312 e. The van der Waals surface area contributed by atoms with Gasteiger partial charge in [0.2, 0.25) is 0 Å². The normalized spacial score (nSPS) is 11.8. The molecule has 2 nitrogen and oxygen atoms in total. The number of rotatable bonds is 6. The summed E-state index contributed by atoms with van der Waals surface area (Å²) in [5.41, 5.74) is 11.7. The van der Waals surface area contributed by atoms with E-state index >= 15 is 0 Å². The van der Waals surface area contributed by atoms with Crippen LogP contribution in [-0.4, -0.2) is 9.13 Å². The Morgan fingerprint density at radius 3 is 1.04 bits per heavy atom. The van der Waals surface area contributed by atoms with Gasteiger partial charge in [0.25, 0.3) is 0 Å². The molecule has 0 unspecified atom stereocenters. The predicted octanol–water partition coefficient (Wildman–Crippen LogP) is 11.2. The van der Waals surface area contributed by atoms with E-state index < -0.39 is 5.41 Å². The van der Waals surface area contributed by atoms with Gasteiger partial charge in [0.05, 0.1) is 11.0 Å². The van der Waals surface area contributed by atoms with Gasteiger partial charge in [-0.3, -0.25) is 0 Å². The van der Waals surface area contributed by atoms with E-state index in [-0.39, 0.29) is 0 Å². The second kappa shape index (κ2) is 10.8. The van der Waals surface area contributed by atoms with Gasteiger partial charge >= 0.3 is 0 Å². The molecular weight excluding hydrogens is 544 g/mol. The number of fused-ring (bicyclic) bond motifs is 2. The van der Waals surface area contributed by atoms with Gasteiger partial charge in [0, 0.05) is 50.1 Å². The largest absolute Gasteiger partial charge is 0.312 e. The van der Waals surface area contributed by atoms with E-state index in [1.54, 1.807) is 0 Å². The van der Waals surface area contributed by atoms with Crippen LogP contribution in [0.4, 0.5) is 0 Å². The Kier molecular flexibility index (Phi) is 6.50. The molecule has 0 radical (unpaired) electrons. The van der Waals surface area contributed by atoms with Crippen molar-refractivity contribution in [2.75, 3.05) is 0 Å². The molecule has 0 bridgehead atoms. The first-order valence-electron chi connectivity index (χ1n) is 15.6. The summed E-state index contributed by atoms with van der Waals surface area (Å²) in [6.45, 7) is 4.82. The van der Waals surface area contributed by atoms with Crippen molar-refractivity contribution < 1.29 is 0 Å². The van der Waals surface area contributed by atoms with Crippen LogP contribution in [0.1, 0.15) is 25.2 Å². The molecule has 0 atom stereocenters. The summed E-state index contributed by atoms with van der Waals surface area (Å²) < 4.78 is 5.00. The van der Waals surface area contributed by atoms with Crippen LogP contribution in [0.15, 0.2) is 170 Å². The summed E-state index contributed by atoms with van der Waals surface area (Å²) in [7, 11) is 0. The molecule has 6 aromatic carbocycles. The van der Waals surface area contributed by atoms with Crippen molar-refractivity contribution in [1.82, 2.24) is 9.13 Å². The zero-order valence-electron chi connectivity index (χ0n) is 25.6. The minimum atomic E-state index is -0.472. The number of hydrogen-bond donors (Lipinski definition) is 0. The van der Waals surface area contributed by atoms with Crippen LogP contribution >= 0.6 is 0 Å². The number of benzene rings is 6. The first-order valence-corrected chi connectivity index (χ1v) is 15.6. The van der Waals surface area contributed by atoms with Crippen molar-refractivity contribution in [2.45, 2.75) is 19.3 Å². The van der Waals surface area contributed by atoms with E-state index in [2.05, 4.69) is 193 Å². The predicted molar refractivity (Wildman–Crippen MR) is 190 cm³/mol. The van der Waals surface area contributed by atoms with Gasteiger partial charge < -0.3 is 9.13 Å². The van der Waals surface area contributed by atoms with Crippen molar-refractivity contribution >= 4 is 21.8 Å². The quantitative estimate of drug-likeness (QED) is 0.186. The molecular formula is C43H34N2. The minimum absolute atomic E-state index is 0.472. The van der Waals surface area contributed by atoms with E-state index in [1.807, 2.05) is 0 Å². The fraction of sp³-hybridized carbons (Fsp3) is 0.0698. The van der Waals surface area contributed by atoms with Gasteiger partial charge in [-0.05, 0) is 61.4 Å². The van der Waals surface area contributed by atoms with Gasteiger partial charge in [-0.25, -0.2) is 0 Å². The summed E-state index contributed by atoms with van der Waals surface area (Å²) in [5.74, 6) is 0. The van der Waals surface area contributed by atoms with Crippen molar-refractivity contribution in [1.29, 1.82) is 0 Å². The lowest BCUT2D eigenvalue weighted by Gasteiger charge is -2.32. The van der Waals surface area contributed by atoms with Crippen LogP contribution in [-0.2, 0) is 5.41 Å². The van der Waals surface area contributed by atoms with Crippen molar-refractivity contribution in [3.05, 3.63) is 181 Å². The lowest BCUT2D eigenvalue weighted by atomic mass is 9.78. The first kappa shape index (κ1) is 27.0. The second-order valence-electron chi connectivity index (χ2n) is 12.2. The third kappa shape index (κ3) is 4.33. The summed E-state index contributed by atoms with van der Waals surface area (Å²) in [5, 5.41) is 2.50. The molecule has 0 aliphatic rings. The molecule has 0 aliphatic heterocycles. The topological polar surface area (TPSA) is 9.86 Å². The second-order valence-corrected chi connectivity index (χ2v) is 12.2. The van der Waals surface area contributed by atoms with E-state index in [4.69, 9.17) is 0 Å². The number of aromatic nitrogens is 2. The number of para-hydroxylation sites is 4. The molecule has 2 heterocycles. The van der Waals surface area contributed by atoms with Crippen molar-refractivity contribution in [3.8, 4) is 33.6 Å². The Bertz CT molecular complexity index is 1940. The monoisotopic (exact) mass is 578 g/mol. The highest BCUT2D eigenvalue weighted by atomic mass is 15.0. The average Bonchev–Trinajstić information content (AvgIpc) is 3.65.